The molecular formula is C23H25ClO7. The van der Waals surface area contributed by atoms with Crippen molar-refractivity contribution in [1.82, 2.24) is 0 Å². The molecule has 1 saturated heterocycles. The molecule has 8 heteroatoms. The average Bonchev–Trinajstić information content (AvgIpc) is 2.77. The fourth-order valence-electron chi connectivity index (χ4n) is 3.46. The van der Waals surface area contributed by atoms with Crippen LogP contribution in [0, 0.1) is 11.8 Å². The first-order valence-corrected chi connectivity index (χ1v) is 10.1. The summed E-state index contributed by atoms with van der Waals surface area (Å²) in [7, 11) is 1.58. The number of rotatable bonds is 5. The molecule has 2 aromatic rings. The lowest BCUT2D eigenvalue weighted by Gasteiger charge is -2.45. The first-order valence-electron chi connectivity index (χ1n) is 9.71. The van der Waals surface area contributed by atoms with E-state index < -0.39 is 36.8 Å². The number of hydrogen-bond donors (Lipinski definition) is 5. The molecule has 0 spiro atoms. The lowest BCUT2D eigenvalue weighted by molar-refractivity contribution is -0.357. The van der Waals surface area contributed by atoms with Crippen molar-refractivity contribution in [1.29, 1.82) is 0 Å². The molecule has 2 aromatic carbocycles. The third kappa shape index (κ3) is 5.09. The molecule has 1 fully saturated rings. The lowest BCUT2D eigenvalue weighted by Crippen LogP contribution is -2.63. The predicted molar refractivity (Wildman–Crippen MR) is 113 cm³/mol. The summed E-state index contributed by atoms with van der Waals surface area (Å²) in [6.07, 6.45) is -5.92. The highest BCUT2D eigenvalue weighted by molar-refractivity contribution is 6.31. The highest BCUT2D eigenvalue weighted by Crippen LogP contribution is 2.37. The van der Waals surface area contributed by atoms with Gasteiger partial charge < -0.3 is 35.0 Å². The van der Waals surface area contributed by atoms with Crippen LogP contribution >= 0.6 is 11.6 Å². The minimum Gasteiger partial charge on any atom is -0.394 e. The van der Waals surface area contributed by atoms with Gasteiger partial charge in [-0.25, -0.2) is 0 Å². The second-order valence-electron chi connectivity index (χ2n) is 7.38. The molecule has 166 valence electrons. The number of halogens is 1. The fraction of sp³-hybridized carbons (Fsp3) is 0.391. The molecule has 0 saturated carbocycles. The highest BCUT2D eigenvalue weighted by atomic mass is 35.5. The summed E-state index contributed by atoms with van der Waals surface area (Å²) in [6.45, 7) is -0.294. The Balaban J connectivity index is 1.86. The summed E-state index contributed by atoms with van der Waals surface area (Å²) >= 11 is 6.34. The molecule has 0 radical (unpaired) electrons. The summed E-state index contributed by atoms with van der Waals surface area (Å²) < 4.78 is 10.3. The molecule has 5 N–H and O–H groups in total. The molecule has 31 heavy (non-hydrogen) atoms. The van der Waals surface area contributed by atoms with Gasteiger partial charge in [0.05, 0.1) is 6.61 Å². The minimum absolute atomic E-state index is 0.144. The van der Waals surface area contributed by atoms with Gasteiger partial charge in [-0.1, -0.05) is 41.6 Å². The molecule has 3 rings (SSSR count). The van der Waals surface area contributed by atoms with E-state index in [1.165, 1.54) is 6.07 Å². The summed E-state index contributed by atoms with van der Waals surface area (Å²) in [5.74, 6) is 3.54. The van der Waals surface area contributed by atoms with Gasteiger partial charge in [0, 0.05) is 23.3 Å². The maximum Gasteiger partial charge on any atom is 0.222 e. The van der Waals surface area contributed by atoms with E-state index in [1.807, 2.05) is 24.3 Å². The van der Waals surface area contributed by atoms with Crippen molar-refractivity contribution < 1.29 is 35.0 Å². The minimum atomic E-state index is -2.33. The SMILES string of the molecule is COCC#Cc1ccc(Cc2cc([C@@]3(O)O[C@H](CO)[C@@H](O)[C@H](O)[C@H]3O)ccc2Cl)cc1. The Labute approximate surface area is 185 Å². The average molecular weight is 449 g/mol. The van der Waals surface area contributed by atoms with Gasteiger partial charge >= 0.3 is 0 Å². The zero-order chi connectivity index (χ0) is 22.6. The summed E-state index contributed by atoms with van der Waals surface area (Å²) in [6, 6.07) is 12.1. The van der Waals surface area contributed by atoms with Crippen LogP contribution in [0.4, 0.5) is 0 Å². The smallest absolute Gasteiger partial charge is 0.222 e. The van der Waals surface area contributed by atoms with Crippen molar-refractivity contribution in [2.24, 2.45) is 0 Å². The molecule has 0 aromatic heterocycles. The molecule has 7 nitrogen and oxygen atoms in total. The zero-order valence-electron chi connectivity index (χ0n) is 16.9. The monoisotopic (exact) mass is 448 g/mol. The standard InChI is InChI=1S/C23H25ClO7/c1-30-10-2-3-14-4-6-15(7-5-14)11-16-12-17(8-9-18(16)24)23(29)22(28)21(27)20(26)19(13-25)31-23/h4-9,12,19-22,25-29H,10-11,13H2,1H3/t19-,20-,21+,22-,23-/m1/s1. The van der Waals surface area contributed by atoms with Crippen LogP contribution in [0.25, 0.3) is 0 Å². The van der Waals surface area contributed by atoms with E-state index in [4.69, 9.17) is 21.1 Å². The van der Waals surface area contributed by atoms with Gasteiger partial charge in [-0.2, -0.15) is 0 Å². The van der Waals surface area contributed by atoms with Crippen LogP contribution in [-0.2, 0) is 21.7 Å². The molecule has 0 bridgehead atoms. The van der Waals surface area contributed by atoms with Crippen LogP contribution in [-0.4, -0.2) is 70.3 Å². The Morgan fingerprint density at radius 3 is 2.45 bits per heavy atom. The van der Waals surface area contributed by atoms with Gasteiger partial charge in [0.1, 0.15) is 31.0 Å². The third-order valence-corrected chi connectivity index (χ3v) is 5.59. The molecule has 0 amide bonds. The van der Waals surface area contributed by atoms with Crippen molar-refractivity contribution in [2.75, 3.05) is 20.3 Å². The Morgan fingerprint density at radius 1 is 1.10 bits per heavy atom. The van der Waals surface area contributed by atoms with E-state index in [-0.39, 0.29) is 5.56 Å². The van der Waals surface area contributed by atoms with Gasteiger partial charge in [-0.05, 0) is 41.8 Å². The van der Waals surface area contributed by atoms with Crippen LogP contribution in [0.3, 0.4) is 0 Å². The van der Waals surface area contributed by atoms with E-state index in [0.717, 1.165) is 11.1 Å². The van der Waals surface area contributed by atoms with Crippen LogP contribution in [0.5, 0.6) is 0 Å². The number of ether oxygens (including phenoxy) is 2. The molecule has 0 aliphatic carbocycles. The number of methoxy groups -OCH3 is 1. The number of hydrogen-bond acceptors (Lipinski definition) is 7. The quantitative estimate of drug-likeness (QED) is 0.424. The molecular weight excluding hydrogens is 424 g/mol. The lowest BCUT2D eigenvalue weighted by atomic mass is 9.87. The van der Waals surface area contributed by atoms with E-state index in [0.29, 0.717) is 23.6 Å². The second kappa shape index (κ2) is 10.1. The maximum atomic E-state index is 11.0. The van der Waals surface area contributed by atoms with Gasteiger partial charge in [0.25, 0.3) is 0 Å². The summed E-state index contributed by atoms with van der Waals surface area (Å²) in [5.41, 5.74) is 2.59. The Kier molecular flexibility index (Phi) is 7.70. The van der Waals surface area contributed by atoms with Crippen molar-refractivity contribution in [3.05, 3.63) is 69.7 Å². The molecule has 0 unspecified atom stereocenters. The van der Waals surface area contributed by atoms with Gasteiger partial charge in [-0.3, -0.25) is 0 Å². The maximum absolute atomic E-state index is 11.0. The van der Waals surface area contributed by atoms with Crippen molar-refractivity contribution in [3.63, 3.8) is 0 Å². The van der Waals surface area contributed by atoms with E-state index in [9.17, 15) is 25.5 Å². The fourth-order valence-corrected chi connectivity index (χ4v) is 3.65. The molecule has 1 aliphatic heterocycles. The molecule has 5 atom stereocenters. The van der Waals surface area contributed by atoms with Crippen molar-refractivity contribution in [2.45, 2.75) is 36.6 Å². The van der Waals surface area contributed by atoms with E-state index in [2.05, 4.69) is 11.8 Å². The normalized spacial score (nSPS) is 28.1. The van der Waals surface area contributed by atoms with Crippen molar-refractivity contribution in [3.8, 4) is 11.8 Å². The number of benzene rings is 2. The Hall–Kier alpha value is -1.99. The Morgan fingerprint density at radius 2 is 1.81 bits per heavy atom. The van der Waals surface area contributed by atoms with Crippen molar-refractivity contribution >= 4 is 11.6 Å². The van der Waals surface area contributed by atoms with Gasteiger partial charge in [0.15, 0.2) is 0 Å². The third-order valence-electron chi connectivity index (χ3n) is 5.22. The number of aliphatic hydroxyl groups excluding tert-OH is 4. The molecule has 1 heterocycles. The second-order valence-corrected chi connectivity index (χ2v) is 7.78. The van der Waals surface area contributed by atoms with Gasteiger partial charge in [-0.15, -0.1) is 0 Å². The zero-order valence-corrected chi connectivity index (χ0v) is 17.7. The van der Waals surface area contributed by atoms with Crippen LogP contribution in [0.1, 0.15) is 22.3 Å². The van der Waals surface area contributed by atoms with Crippen LogP contribution in [0.2, 0.25) is 5.02 Å². The van der Waals surface area contributed by atoms with E-state index >= 15 is 0 Å². The highest BCUT2D eigenvalue weighted by Gasteiger charge is 2.53. The predicted octanol–water partition coefficient (Wildman–Crippen LogP) is 0.548. The summed E-state index contributed by atoms with van der Waals surface area (Å²) in [5, 5.41) is 51.3. The Bertz CT molecular complexity index is 951. The van der Waals surface area contributed by atoms with Crippen LogP contribution < -0.4 is 0 Å². The number of aliphatic hydroxyl groups is 5. The van der Waals surface area contributed by atoms with Crippen LogP contribution in [0.15, 0.2) is 42.5 Å². The van der Waals surface area contributed by atoms with Gasteiger partial charge in [0.2, 0.25) is 5.79 Å². The topological polar surface area (TPSA) is 120 Å². The first kappa shape index (κ1) is 23.7. The van der Waals surface area contributed by atoms with E-state index in [1.54, 1.807) is 19.2 Å². The molecule has 1 aliphatic rings. The summed E-state index contributed by atoms with van der Waals surface area (Å²) in [4.78, 5) is 0. The first-order chi connectivity index (χ1) is 14.8. The largest absolute Gasteiger partial charge is 0.394 e.